The molecular weight excluding hydrogens is 296 g/mol. The van der Waals surface area contributed by atoms with Gasteiger partial charge < -0.3 is 0 Å². The van der Waals surface area contributed by atoms with Gasteiger partial charge in [0.15, 0.2) is 11.7 Å². The van der Waals surface area contributed by atoms with Crippen LogP contribution in [0.1, 0.15) is 25.7 Å². The van der Waals surface area contributed by atoms with Crippen molar-refractivity contribution in [2.75, 3.05) is 0 Å². The average molecular weight is 306 g/mol. The topological polar surface area (TPSA) is 0 Å². The van der Waals surface area contributed by atoms with E-state index in [1.807, 2.05) is 0 Å². The molecule has 4 rings (SSSR count). The van der Waals surface area contributed by atoms with Crippen molar-refractivity contribution in [3.05, 3.63) is 11.7 Å². The minimum Gasteiger partial charge on any atom is -0.229 e. The van der Waals surface area contributed by atoms with Gasteiger partial charge in [-0.05, 0) is 12.8 Å². The van der Waals surface area contributed by atoms with E-state index < -0.39 is 46.7 Å². The molecule has 8 heteroatoms. The standard InChI is InChI=1S/C12H10F8/c13-7-8(14)10(16)6-4-2-1-3-5(6)9(7,15)11(17,18)12(10,19)20/h5-6H,1-4H2. The molecule has 2 fully saturated rings. The van der Waals surface area contributed by atoms with E-state index in [0.29, 0.717) is 0 Å². The van der Waals surface area contributed by atoms with Crippen LogP contribution < -0.4 is 0 Å². The Kier molecular flexibility index (Phi) is 2.47. The summed E-state index contributed by atoms with van der Waals surface area (Å²) in [6, 6.07) is 0. The second-order valence-electron chi connectivity index (χ2n) is 5.70. The van der Waals surface area contributed by atoms with Crippen LogP contribution in [0.4, 0.5) is 35.1 Å². The van der Waals surface area contributed by atoms with Gasteiger partial charge in [-0.2, -0.15) is 17.6 Å². The molecule has 0 radical (unpaired) electrons. The Morgan fingerprint density at radius 2 is 0.950 bits per heavy atom. The van der Waals surface area contributed by atoms with Crippen LogP contribution in [0.25, 0.3) is 0 Å². The van der Waals surface area contributed by atoms with Crippen LogP contribution in [0.2, 0.25) is 0 Å². The Balaban J connectivity index is 2.35. The molecule has 0 heterocycles. The number of halogens is 8. The molecule has 0 spiro atoms. The molecule has 0 aromatic heterocycles. The molecule has 0 saturated heterocycles. The molecular formula is C12H10F8. The molecule has 20 heavy (non-hydrogen) atoms. The molecule has 0 amide bonds. The van der Waals surface area contributed by atoms with Crippen molar-refractivity contribution in [2.24, 2.45) is 11.8 Å². The first-order valence-corrected chi connectivity index (χ1v) is 6.24. The fraction of sp³-hybridized carbons (Fsp3) is 0.833. The van der Waals surface area contributed by atoms with Gasteiger partial charge in [0.25, 0.3) is 0 Å². The largest absolute Gasteiger partial charge is 0.353 e. The highest BCUT2D eigenvalue weighted by Crippen LogP contribution is 2.73. The fourth-order valence-electron chi connectivity index (χ4n) is 3.93. The van der Waals surface area contributed by atoms with Crippen molar-refractivity contribution in [3.8, 4) is 0 Å². The van der Waals surface area contributed by atoms with Crippen LogP contribution in [-0.4, -0.2) is 23.2 Å². The maximum atomic E-state index is 14.5. The van der Waals surface area contributed by atoms with Crippen LogP contribution in [-0.2, 0) is 0 Å². The molecule has 0 aromatic rings. The van der Waals surface area contributed by atoms with E-state index >= 15 is 0 Å². The molecule has 0 aromatic carbocycles. The number of allylic oxidation sites excluding steroid dienone is 2. The van der Waals surface area contributed by atoms with Crippen molar-refractivity contribution < 1.29 is 35.1 Å². The zero-order chi connectivity index (χ0) is 15.1. The monoisotopic (exact) mass is 306 g/mol. The van der Waals surface area contributed by atoms with E-state index in [2.05, 4.69) is 0 Å². The van der Waals surface area contributed by atoms with E-state index in [1.165, 1.54) is 0 Å². The van der Waals surface area contributed by atoms with Gasteiger partial charge in [-0.1, -0.05) is 12.8 Å². The maximum Gasteiger partial charge on any atom is 0.353 e. The first-order chi connectivity index (χ1) is 9.04. The van der Waals surface area contributed by atoms with Crippen LogP contribution in [0.5, 0.6) is 0 Å². The molecule has 4 atom stereocenters. The lowest BCUT2D eigenvalue weighted by molar-refractivity contribution is -0.376. The van der Waals surface area contributed by atoms with Crippen molar-refractivity contribution in [2.45, 2.75) is 48.9 Å². The third-order valence-electron chi connectivity index (χ3n) is 4.93. The normalized spacial score (nSPS) is 49.2. The van der Waals surface area contributed by atoms with Gasteiger partial charge in [0.1, 0.15) is 0 Å². The van der Waals surface area contributed by atoms with Gasteiger partial charge in [-0.15, -0.1) is 0 Å². The third-order valence-corrected chi connectivity index (χ3v) is 4.93. The van der Waals surface area contributed by atoms with E-state index in [0.717, 1.165) is 0 Å². The van der Waals surface area contributed by atoms with Gasteiger partial charge in [0.05, 0.1) is 0 Å². The summed E-state index contributed by atoms with van der Waals surface area (Å²) in [6.07, 6.45) is -0.392. The van der Waals surface area contributed by atoms with Gasteiger partial charge in [-0.25, -0.2) is 17.6 Å². The van der Waals surface area contributed by atoms with Gasteiger partial charge in [-0.3, -0.25) is 0 Å². The van der Waals surface area contributed by atoms with E-state index in [1.54, 1.807) is 0 Å². The average Bonchev–Trinajstić information content (AvgIpc) is 2.40. The quantitative estimate of drug-likeness (QED) is 0.571. The molecule has 2 saturated carbocycles. The molecule has 0 nitrogen and oxygen atoms in total. The summed E-state index contributed by atoms with van der Waals surface area (Å²) in [5.41, 5.74) is -8.95. The minimum atomic E-state index is -5.62. The van der Waals surface area contributed by atoms with E-state index in [-0.39, 0.29) is 25.7 Å². The van der Waals surface area contributed by atoms with Crippen molar-refractivity contribution in [1.82, 2.24) is 0 Å². The summed E-state index contributed by atoms with van der Waals surface area (Å²) in [4.78, 5) is 0. The predicted octanol–water partition coefficient (Wildman–Crippen LogP) is 4.66. The number of alkyl halides is 6. The first-order valence-electron chi connectivity index (χ1n) is 6.24. The predicted molar refractivity (Wildman–Crippen MR) is 52.3 cm³/mol. The highest BCUT2D eigenvalue weighted by molar-refractivity contribution is 5.44. The molecule has 0 N–H and O–H groups in total. The van der Waals surface area contributed by atoms with Crippen molar-refractivity contribution in [1.29, 1.82) is 0 Å². The van der Waals surface area contributed by atoms with Gasteiger partial charge in [0, 0.05) is 11.8 Å². The Morgan fingerprint density at radius 3 is 1.25 bits per heavy atom. The summed E-state index contributed by atoms with van der Waals surface area (Å²) < 4.78 is 111. The summed E-state index contributed by atoms with van der Waals surface area (Å²) in [5.74, 6) is -20.6. The van der Waals surface area contributed by atoms with Gasteiger partial charge >= 0.3 is 11.8 Å². The lowest BCUT2D eigenvalue weighted by Gasteiger charge is -2.60. The number of hydrogen-bond donors (Lipinski definition) is 0. The van der Waals surface area contributed by atoms with E-state index in [9.17, 15) is 35.1 Å². The Hall–Kier alpha value is -0.820. The highest BCUT2D eigenvalue weighted by Gasteiger charge is 2.92. The summed E-state index contributed by atoms with van der Waals surface area (Å²) in [5, 5.41) is 0. The molecule has 4 aliphatic carbocycles. The molecule has 4 aliphatic rings. The lowest BCUT2D eigenvalue weighted by atomic mass is 9.51. The highest BCUT2D eigenvalue weighted by atomic mass is 19.3. The molecule has 114 valence electrons. The zero-order valence-electron chi connectivity index (χ0n) is 10.0. The Morgan fingerprint density at radius 1 is 0.650 bits per heavy atom. The first kappa shape index (κ1) is 14.1. The SMILES string of the molecule is FC1=C(F)C2(F)C3CCCCC3C1(F)C(F)(F)C2(F)F. The number of fused-ring (bicyclic) bond motifs is 1. The van der Waals surface area contributed by atoms with Crippen LogP contribution in [0.15, 0.2) is 11.7 Å². The number of rotatable bonds is 0. The maximum absolute atomic E-state index is 14.5. The van der Waals surface area contributed by atoms with Crippen molar-refractivity contribution >= 4 is 0 Å². The minimum absolute atomic E-state index is 0.180. The third kappa shape index (κ3) is 1.06. The second-order valence-corrected chi connectivity index (χ2v) is 5.70. The van der Waals surface area contributed by atoms with E-state index in [4.69, 9.17) is 0 Å². The smallest absolute Gasteiger partial charge is 0.229 e. The molecule has 4 unspecified atom stereocenters. The fourth-order valence-corrected chi connectivity index (χ4v) is 3.93. The summed E-state index contributed by atoms with van der Waals surface area (Å²) in [6.45, 7) is 0. The Bertz CT molecular complexity index is 454. The Labute approximate surface area is 108 Å². The van der Waals surface area contributed by atoms with Crippen LogP contribution >= 0.6 is 0 Å². The summed E-state index contributed by atoms with van der Waals surface area (Å²) in [7, 11) is 0. The second kappa shape index (κ2) is 3.50. The lowest BCUT2D eigenvalue weighted by Crippen LogP contribution is -2.79. The van der Waals surface area contributed by atoms with Crippen molar-refractivity contribution in [3.63, 3.8) is 0 Å². The number of hydrogen-bond acceptors (Lipinski definition) is 0. The zero-order valence-corrected chi connectivity index (χ0v) is 10.0. The van der Waals surface area contributed by atoms with Gasteiger partial charge in [0.2, 0.25) is 11.3 Å². The van der Waals surface area contributed by atoms with Crippen LogP contribution in [0.3, 0.4) is 0 Å². The molecule has 0 aliphatic heterocycles. The van der Waals surface area contributed by atoms with Crippen LogP contribution in [0, 0.1) is 11.8 Å². The summed E-state index contributed by atoms with van der Waals surface area (Å²) >= 11 is 0. The molecule has 2 bridgehead atoms.